The number of ether oxygens (including phenoxy) is 3. The van der Waals surface area contributed by atoms with Crippen LogP contribution in [0.5, 0.6) is 46.0 Å². The second kappa shape index (κ2) is 8.85. The summed E-state index contributed by atoms with van der Waals surface area (Å²) in [6.07, 6.45) is 0. The highest BCUT2D eigenvalue weighted by molar-refractivity contribution is 5.85. The van der Waals surface area contributed by atoms with Gasteiger partial charge in [-0.1, -0.05) is 12.1 Å². The van der Waals surface area contributed by atoms with Crippen LogP contribution in [0.25, 0.3) is 10.8 Å². The molecule has 5 rings (SSSR count). The van der Waals surface area contributed by atoms with Gasteiger partial charge in [-0.3, -0.25) is 0 Å². The number of phenols is 2. The van der Waals surface area contributed by atoms with Gasteiger partial charge in [0, 0.05) is 0 Å². The van der Waals surface area contributed by atoms with E-state index < -0.39 is 0 Å². The van der Waals surface area contributed by atoms with Crippen LogP contribution < -0.4 is 14.2 Å². The Morgan fingerprint density at radius 3 is 1.18 bits per heavy atom. The van der Waals surface area contributed by atoms with Crippen molar-refractivity contribution in [2.24, 2.45) is 0 Å². The summed E-state index contributed by atoms with van der Waals surface area (Å²) in [5.74, 6) is 4.52. The standard InChI is InChI=1S/C28H20O5/c29-21-4-7-23(8-5-21)31-24-9-11-25(12-10-24)32-26-13-15-27(16-14-26)33-28-6-2-19-17-22(30)3-1-20(19)18-28/h1-18,29-30H. The second-order valence-corrected chi connectivity index (χ2v) is 7.44. The van der Waals surface area contributed by atoms with Crippen molar-refractivity contribution in [3.8, 4) is 46.0 Å². The molecule has 0 spiro atoms. The first kappa shape index (κ1) is 20.3. The summed E-state index contributed by atoms with van der Waals surface area (Å²) >= 11 is 0. The molecular formula is C28H20O5. The maximum atomic E-state index is 9.59. The number of hydrogen-bond donors (Lipinski definition) is 2. The molecule has 0 atom stereocenters. The van der Waals surface area contributed by atoms with Gasteiger partial charge in [-0.2, -0.15) is 0 Å². The van der Waals surface area contributed by atoms with Crippen LogP contribution in [0.2, 0.25) is 0 Å². The lowest BCUT2D eigenvalue weighted by molar-refractivity contribution is 0.459. The summed E-state index contributed by atoms with van der Waals surface area (Å²) in [4.78, 5) is 0. The Morgan fingerprint density at radius 2 is 0.667 bits per heavy atom. The molecule has 0 aliphatic rings. The molecule has 162 valence electrons. The van der Waals surface area contributed by atoms with E-state index in [1.165, 1.54) is 0 Å². The second-order valence-electron chi connectivity index (χ2n) is 7.44. The Kier molecular flexibility index (Phi) is 5.43. The van der Waals surface area contributed by atoms with Crippen molar-refractivity contribution in [3.05, 3.63) is 109 Å². The quantitative estimate of drug-likeness (QED) is 0.286. The Hall–Kier alpha value is -4.64. The molecule has 5 aromatic carbocycles. The van der Waals surface area contributed by atoms with Crippen LogP contribution in [0.3, 0.4) is 0 Å². The molecule has 5 aromatic rings. The predicted octanol–water partition coefficient (Wildman–Crippen LogP) is 7.63. The first-order chi connectivity index (χ1) is 16.1. The third-order valence-corrected chi connectivity index (χ3v) is 4.99. The van der Waals surface area contributed by atoms with Crippen LogP contribution in [0.4, 0.5) is 0 Å². The van der Waals surface area contributed by atoms with E-state index in [2.05, 4.69) is 0 Å². The summed E-state index contributed by atoms with van der Waals surface area (Å²) in [6, 6.07) is 32.2. The van der Waals surface area contributed by atoms with E-state index in [9.17, 15) is 10.2 Å². The Bertz CT molecular complexity index is 1380. The van der Waals surface area contributed by atoms with Crippen molar-refractivity contribution in [2.45, 2.75) is 0 Å². The van der Waals surface area contributed by atoms with Crippen LogP contribution in [0, 0.1) is 0 Å². The summed E-state index contributed by atoms with van der Waals surface area (Å²) < 4.78 is 17.6. The fourth-order valence-corrected chi connectivity index (χ4v) is 3.35. The summed E-state index contributed by atoms with van der Waals surface area (Å²) in [7, 11) is 0. The van der Waals surface area contributed by atoms with E-state index in [1.54, 1.807) is 36.4 Å². The van der Waals surface area contributed by atoms with Gasteiger partial charge < -0.3 is 24.4 Å². The van der Waals surface area contributed by atoms with Crippen LogP contribution in [0.1, 0.15) is 0 Å². The van der Waals surface area contributed by atoms with Gasteiger partial charge in [0.2, 0.25) is 0 Å². The lowest BCUT2D eigenvalue weighted by Crippen LogP contribution is -1.87. The minimum absolute atomic E-state index is 0.195. The number of aromatic hydroxyl groups is 2. The molecule has 0 radical (unpaired) electrons. The maximum Gasteiger partial charge on any atom is 0.128 e. The van der Waals surface area contributed by atoms with Gasteiger partial charge in [0.1, 0.15) is 46.0 Å². The molecule has 0 unspecified atom stereocenters. The number of rotatable bonds is 6. The minimum atomic E-state index is 0.195. The van der Waals surface area contributed by atoms with Crippen LogP contribution in [-0.2, 0) is 0 Å². The molecule has 0 saturated heterocycles. The highest BCUT2D eigenvalue weighted by Gasteiger charge is 2.04. The molecule has 0 saturated carbocycles. The smallest absolute Gasteiger partial charge is 0.128 e. The Balaban J connectivity index is 1.21. The molecule has 0 aliphatic carbocycles. The molecule has 0 bridgehead atoms. The van der Waals surface area contributed by atoms with E-state index >= 15 is 0 Å². The Morgan fingerprint density at radius 1 is 0.333 bits per heavy atom. The molecule has 5 heteroatoms. The summed E-state index contributed by atoms with van der Waals surface area (Å²) in [6.45, 7) is 0. The van der Waals surface area contributed by atoms with Crippen molar-refractivity contribution in [3.63, 3.8) is 0 Å². The molecular weight excluding hydrogens is 416 g/mol. The van der Waals surface area contributed by atoms with Gasteiger partial charge in [-0.15, -0.1) is 0 Å². The number of phenolic OH excluding ortho intramolecular Hbond substituents is 2. The van der Waals surface area contributed by atoms with Gasteiger partial charge in [0.15, 0.2) is 0 Å². The number of hydrogen-bond acceptors (Lipinski definition) is 5. The summed E-state index contributed by atoms with van der Waals surface area (Å²) in [5, 5.41) is 20.9. The van der Waals surface area contributed by atoms with Gasteiger partial charge in [0.25, 0.3) is 0 Å². The topological polar surface area (TPSA) is 68.2 Å². The molecule has 33 heavy (non-hydrogen) atoms. The van der Waals surface area contributed by atoms with Crippen molar-refractivity contribution >= 4 is 10.8 Å². The summed E-state index contributed by atoms with van der Waals surface area (Å²) in [5.41, 5.74) is 0. The van der Waals surface area contributed by atoms with Crippen molar-refractivity contribution < 1.29 is 24.4 Å². The number of benzene rings is 5. The van der Waals surface area contributed by atoms with Crippen molar-refractivity contribution in [1.82, 2.24) is 0 Å². The van der Waals surface area contributed by atoms with Crippen LogP contribution >= 0.6 is 0 Å². The van der Waals surface area contributed by atoms with Crippen molar-refractivity contribution in [1.29, 1.82) is 0 Å². The number of fused-ring (bicyclic) bond motifs is 1. The minimum Gasteiger partial charge on any atom is -0.508 e. The zero-order valence-corrected chi connectivity index (χ0v) is 17.5. The van der Waals surface area contributed by atoms with E-state index in [1.807, 2.05) is 72.8 Å². The predicted molar refractivity (Wildman–Crippen MR) is 127 cm³/mol. The zero-order chi connectivity index (χ0) is 22.6. The lowest BCUT2D eigenvalue weighted by atomic mass is 10.1. The van der Waals surface area contributed by atoms with Gasteiger partial charge >= 0.3 is 0 Å². The third kappa shape index (κ3) is 4.99. The maximum absolute atomic E-state index is 9.59. The third-order valence-electron chi connectivity index (χ3n) is 4.99. The molecule has 5 nitrogen and oxygen atoms in total. The van der Waals surface area contributed by atoms with E-state index in [-0.39, 0.29) is 11.5 Å². The molecule has 0 heterocycles. The molecule has 2 N–H and O–H groups in total. The SMILES string of the molecule is Oc1ccc(Oc2ccc(Oc3ccc(Oc4ccc5cc(O)ccc5c4)cc3)cc2)cc1. The fraction of sp³-hybridized carbons (Fsp3) is 0. The van der Waals surface area contributed by atoms with Crippen LogP contribution in [-0.4, -0.2) is 10.2 Å². The average Bonchev–Trinajstić information content (AvgIpc) is 2.83. The van der Waals surface area contributed by atoms with Gasteiger partial charge in [-0.25, -0.2) is 0 Å². The van der Waals surface area contributed by atoms with Crippen molar-refractivity contribution in [2.75, 3.05) is 0 Å². The first-order valence-electron chi connectivity index (χ1n) is 10.4. The highest BCUT2D eigenvalue weighted by atomic mass is 16.5. The first-order valence-corrected chi connectivity index (χ1v) is 10.4. The normalized spacial score (nSPS) is 10.7. The molecule has 0 aliphatic heterocycles. The lowest BCUT2D eigenvalue weighted by Gasteiger charge is -2.10. The largest absolute Gasteiger partial charge is 0.508 e. The average molecular weight is 436 g/mol. The molecule has 0 amide bonds. The van der Waals surface area contributed by atoms with Gasteiger partial charge in [-0.05, 0) is 108 Å². The molecule has 0 aromatic heterocycles. The van der Waals surface area contributed by atoms with Gasteiger partial charge in [0.05, 0.1) is 0 Å². The Labute approximate surface area is 190 Å². The van der Waals surface area contributed by atoms with E-state index in [0.717, 1.165) is 10.8 Å². The molecule has 0 fully saturated rings. The monoisotopic (exact) mass is 436 g/mol. The highest BCUT2D eigenvalue weighted by Crippen LogP contribution is 2.31. The van der Waals surface area contributed by atoms with E-state index in [0.29, 0.717) is 34.5 Å². The van der Waals surface area contributed by atoms with Crippen LogP contribution in [0.15, 0.2) is 109 Å². The zero-order valence-electron chi connectivity index (χ0n) is 17.5. The fourth-order valence-electron chi connectivity index (χ4n) is 3.35. The van der Waals surface area contributed by atoms with E-state index in [4.69, 9.17) is 14.2 Å².